The van der Waals surface area contributed by atoms with Crippen LogP contribution in [-0.4, -0.2) is 13.5 Å². The van der Waals surface area contributed by atoms with Gasteiger partial charge in [-0.25, -0.2) is 12.8 Å². The molecule has 0 bridgehead atoms. The zero-order valence-electron chi connectivity index (χ0n) is 9.73. The molecule has 2 N–H and O–H groups in total. The third kappa shape index (κ3) is 3.22. The lowest BCUT2D eigenvalue weighted by atomic mass is 10.3. The average molecular weight is 429 g/mol. The maximum absolute atomic E-state index is 13.6. The van der Waals surface area contributed by atoms with Gasteiger partial charge >= 0.3 is 0 Å². The fraction of sp³-hybridized carbons (Fsp3) is 0.0909. The molecular formula is C11H8Br2FNO4S. The predicted octanol–water partition coefficient (Wildman–Crippen LogP) is 3.24. The van der Waals surface area contributed by atoms with Crippen molar-refractivity contribution < 1.29 is 22.3 Å². The number of nitrogens with one attached hydrogen (secondary N) is 1. The summed E-state index contributed by atoms with van der Waals surface area (Å²) >= 11 is 6.07. The Kier molecular flexibility index (Phi) is 4.52. The van der Waals surface area contributed by atoms with Crippen molar-refractivity contribution in [3.8, 4) is 0 Å². The van der Waals surface area contributed by atoms with Gasteiger partial charge in [-0.3, -0.25) is 4.72 Å². The summed E-state index contributed by atoms with van der Waals surface area (Å²) in [5, 5.41) is 8.92. The molecule has 1 heterocycles. The van der Waals surface area contributed by atoms with Crippen molar-refractivity contribution in [2.75, 3.05) is 4.72 Å². The summed E-state index contributed by atoms with van der Waals surface area (Å²) < 4.78 is 45.4. The molecule has 0 amide bonds. The van der Waals surface area contributed by atoms with Gasteiger partial charge in [0.25, 0.3) is 10.0 Å². The third-order valence-corrected chi connectivity index (χ3v) is 5.04. The number of aliphatic hydroxyl groups excluding tert-OH is 1. The molecule has 5 nitrogen and oxygen atoms in total. The average Bonchev–Trinajstić information content (AvgIpc) is 2.76. The first kappa shape index (κ1) is 15.5. The van der Waals surface area contributed by atoms with Gasteiger partial charge in [-0.2, -0.15) is 0 Å². The first-order valence-corrected chi connectivity index (χ1v) is 8.27. The molecule has 0 atom stereocenters. The smallest absolute Gasteiger partial charge is 0.266 e. The van der Waals surface area contributed by atoms with Crippen LogP contribution in [0.25, 0.3) is 0 Å². The molecule has 0 fully saturated rings. The van der Waals surface area contributed by atoms with E-state index in [0.29, 0.717) is 4.47 Å². The van der Waals surface area contributed by atoms with Crippen LogP contribution in [0.3, 0.4) is 0 Å². The fourth-order valence-electron chi connectivity index (χ4n) is 1.43. The molecule has 2 rings (SSSR count). The molecule has 108 valence electrons. The van der Waals surface area contributed by atoms with Crippen molar-refractivity contribution in [1.82, 2.24) is 0 Å². The maximum Gasteiger partial charge on any atom is 0.266 e. The number of halogens is 3. The summed E-state index contributed by atoms with van der Waals surface area (Å²) in [6.45, 7) is -0.445. The van der Waals surface area contributed by atoms with Gasteiger partial charge in [-0.15, -0.1) is 0 Å². The van der Waals surface area contributed by atoms with Gasteiger partial charge in [0.2, 0.25) is 0 Å². The van der Waals surface area contributed by atoms with Crippen molar-refractivity contribution in [3.05, 3.63) is 45.0 Å². The predicted molar refractivity (Wildman–Crippen MR) is 77.2 cm³/mol. The molecule has 0 saturated carbocycles. The Bertz CT molecular complexity index is 745. The van der Waals surface area contributed by atoms with Gasteiger partial charge in [0.15, 0.2) is 4.67 Å². The molecule has 0 unspecified atom stereocenters. The third-order valence-electron chi connectivity index (χ3n) is 2.32. The summed E-state index contributed by atoms with van der Waals surface area (Å²) in [4.78, 5) is -0.221. The number of hydrogen-bond donors (Lipinski definition) is 2. The van der Waals surface area contributed by atoms with Crippen LogP contribution in [0.15, 0.2) is 42.7 Å². The summed E-state index contributed by atoms with van der Waals surface area (Å²) in [5.74, 6) is -0.634. The molecular weight excluding hydrogens is 421 g/mol. The van der Waals surface area contributed by atoms with Gasteiger partial charge < -0.3 is 9.52 Å². The Morgan fingerprint density at radius 3 is 2.60 bits per heavy atom. The van der Waals surface area contributed by atoms with E-state index < -0.39 is 22.4 Å². The van der Waals surface area contributed by atoms with E-state index in [2.05, 4.69) is 36.6 Å². The Hall–Kier alpha value is -0.900. The van der Waals surface area contributed by atoms with Crippen LogP contribution in [0.5, 0.6) is 0 Å². The van der Waals surface area contributed by atoms with Crippen molar-refractivity contribution in [2.45, 2.75) is 11.5 Å². The lowest BCUT2D eigenvalue weighted by Crippen LogP contribution is -2.13. The Morgan fingerprint density at radius 2 is 2.00 bits per heavy atom. The summed E-state index contributed by atoms with van der Waals surface area (Å²) in [7, 11) is -4.04. The zero-order valence-corrected chi connectivity index (χ0v) is 13.7. The quantitative estimate of drug-likeness (QED) is 0.783. The Labute approximate surface area is 131 Å². The zero-order chi connectivity index (χ0) is 14.9. The van der Waals surface area contributed by atoms with Gasteiger partial charge in [0.05, 0.1) is 5.69 Å². The molecule has 0 radical (unpaired) electrons. The number of furan rings is 1. The number of sulfonamides is 1. The lowest BCUT2D eigenvalue weighted by molar-refractivity contribution is 0.245. The number of hydrogen-bond acceptors (Lipinski definition) is 4. The summed E-state index contributed by atoms with van der Waals surface area (Å²) in [6, 6.07) is 5.03. The van der Waals surface area contributed by atoms with Crippen LogP contribution in [0.2, 0.25) is 0 Å². The minimum atomic E-state index is -4.04. The summed E-state index contributed by atoms with van der Waals surface area (Å²) in [6.07, 6.45) is 0. The highest BCUT2D eigenvalue weighted by Crippen LogP contribution is 2.29. The topological polar surface area (TPSA) is 79.5 Å². The SMILES string of the molecule is O=S(=O)(Nc1cc(Br)ccc1F)c1cc(CO)oc1Br. The molecule has 9 heteroatoms. The molecule has 2 aromatic rings. The van der Waals surface area contributed by atoms with Gasteiger partial charge in [-0.1, -0.05) is 15.9 Å². The van der Waals surface area contributed by atoms with E-state index in [0.717, 1.165) is 12.1 Å². The molecule has 1 aromatic carbocycles. The molecule has 20 heavy (non-hydrogen) atoms. The van der Waals surface area contributed by atoms with Crippen LogP contribution < -0.4 is 4.72 Å². The highest BCUT2D eigenvalue weighted by molar-refractivity contribution is 9.10. The standard InChI is InChI=1S/C11H8Br2FNO4S/c12-6-1-2-8(14)9(3-6)15-20(17,18)10-4-7(5-16)19-11(10)13/h1-4,15-16H,5H2. The highest BCUT2D eigenvalue weighted by Gasteiger charge is 2.23. The van der Waals surface area contributed by atoms with Crippen LogP contribution in [0.4, 0.5) is 10.1 Å². The van der Waals surface area contributed by atoms with E-state index in [-0.39, 0.29) is 21.0 Å². The van der Waals surface area contributed by atoms with E-state index in [1.807, 2.05) is 0 Å². The minimum absolute atomic E-state index is 0.0653. The lowest BCUT2D eigenvalue weighted by Gasteiger charge is -2.08. The normalized spacial score (nSPS) is 11.6. The molecule has 0 aliphatic carbocycles. The van der Waals surface area contributed by atoms with Crippen LogP contribution in [0, 0.1) is 5.82 Å². The van der Waals surface area contributed by atoms with E-state index in [9.17, 15) is 12.8 Å². The molecule has 0 aliphatic rings. The number of rotatable bonds is 4. The Balaban J connectivity index is 2.40. The maximum atomic E-state index is 13.6. The first-order valence-electron chi connectivity index (χ1n) is 5.20. The first-order chi connectivity index (χ1) is 9.33. The molecule has 1 aromatic heterocycles. The van der Waals surface area contributed by atoms with Gasteiger partial charge in [0, 0.05) is 10.5 Å². The van der Waals surface area contributed by atoms with Crippen LogP contribution in [-0.2, 0) is 16.6 Å². The number of anilines is 1. The van der Waals surface area contributed by atoms with Crippen LogP contribution in [0.1, 0.15) is 5.76 Å². The highest BCUT2D eigenvalue weighted by atomic mass is 79.9. The van der Waals surface area contributed by atoms with Crippen molar-refractivity contribution in [1.29, 1.82) is 0 Å². The second kappa shape index (κ2) is 5.84. The van der Waals surface area contributed by atoms with E-state index in [4.69, 9.17) is 9.52 Å². The second-order valence-electron chi connectivity index (χ2n) is 3.74. The molecule has 0 spiro atoms. The van der Waals surface area contributed by atoms with Gasteiger partial charge in [-0.05, 0) is 34.1 Å². The minimum Gasteiger partial charge on any atom is -0.450 e. The van der Waals surface area contributed by atoms with E-state index in [1.165, 1.54) is 12.1 Å². The van der Waals surface area contributed by atoms with Crippen molar-refractivity contribution in [2.24, 2.45) is 0 Å². The number of benzene rings is 1. The second-order valence-corrected chi connectivity index (χ2v) is 7.03. The van der Waals surface area contributed by atoms with E-state index >= 15 is 0 Å². The van der Waals surface area contributed by atoms with Crippen molar-refractivity contribution >= 4 is 47.6 Å². The molecule has 0 aliphatic heterocycles. The fourth-order valence-corrected chi connectivity index (χ4v) is 3.85. The van der Waals surface area contributed by atoms with Crippen molar-refractivity contribution in [3.63, 3.8) is 0 Å². The monoisotopic (exact) mass is 427 g/mol. The number of aliphatic hydroxyl groups is 1. The summed E-state index contributed by atoms with van der Waals surface area (Å²) in [5.41, 5.74) is -0.196. The molecule has 0 saturated heterocycles. The Morgan fingerprint density at radius 1 is 1.30 bits per heavy atom. The van der Waals surface area contributed by atoms with Crippen LogP contribution >= 0.6 is 31.9 Å². The van der Waals surface area contributed by atoms with E-state index in [1.54, 1.807) is 0 Å². The largest absolute Gasteiger partial charge is 0.450 e. The van der Waals surface area contributed by atoms with Gasteiger partial charge in [0.1, 0.15) is 23.1 Å².